The lowest BCUT2D eigenvalue weighted by Crippen LogP contribution is -2.07. The number of anilines is 1. The molecule has 2 heterocycles. The molecule has 5 nitrogen and oxygen atoms in total. The molecule has 2 aromatic heterocycles. The zero-order valence-electron chi connectivity index (χ0n) is 12.8. The molecule has 0 aliphatic heterocycles. The third-order valence-electron chi connectivity index (χ3n) is 3.21. The number of hydrogen-bond donors (Lipinski definition) is 1. The smallest absolute Gasteiger partial charge is 0.124 e. The first-order valence-electron chi connectivity index (χ1n) is 6.84. The fourth-order valence-electron chi connectivity index (χ4n) is 2.07. The molecule has 0 atom stereocenters. The lowest BCUT2D eigenvalue weighted by Gasteiger charge is -2.07. The molecule has 0 saturated heterocycles. The highest BCUT2D eigenvalue weighted by Crippen LogP contribution is 2.15. The van der Waals surface area contributed by atoms with Crippen molar-refractivity contribution in [3.63, 3.8) is 0 Å². The van der Waals surface area contributed by atoms with Crippen LogP contribution in [-0.2, 0) is 13.1 Å². The third-order valence-corrected chi connectivity index (χ3v) is 3.21. The molecule has 0 unspecified atom stereocenters. The zero-order valence-corrected chi connectivity index (χ0v) is 13.7. The second-order valence-corrected chi connectivity index (χ2v) is 5.15. The number of nitrogens with zero attached hydrogens (tertiary/aromatic N) is 4. The molecule has 0 radical (unpaired) electrons. The van der Waals surface area contributed by atoms with Gasteiger partial charge in [0.25, 0.3) is 0 Å². The molecule has 0 aromatic carbocycles. The van der Waals surface area contributed by atoms with Crippen molar-refractivity contribution in [2.45, 2.75) is 53.8 Å². The van der Waals surface area contributed by atoms with Gasteiger partial charge in [0.05, 0.1) is 11.4 Å². The van der Waals surface area contributed by atoms with Crippen molar-refractivity contribution in [1.29, 1.82) is 0 Å². The fourth-order valence-corrected chi connectivity index (χ4v) is 2.07. The van der Waals surface area contributed by atoms with Gasteiger partial charge < -0.3 is 5.32 Å². The molecule has 2 aromatic rings. The van der Waals surface area contributed by atoms with Crippen LogP contribution in [0, 0.1) is 13.8 Å². The van der Waals surface area contributed by atoms with Crippen molar-refractivity contribution in [1.82, 2.24) is 19.6 Å². The van der Waals surface area contributed by atoms with E-state index in [9.17, 15) is 0 Å². The van der Waals surface area contributed by atoms with Crippen molar-refractivity contribution in [3.05, 3.63) is 29.2 Å². The first-order chi connectivity index (χ1) is 9.01. The minimum absolute atomic E-state index is 0. The van der Waals surface area contributed by atoms with E-state index in [1.807, 2.05) is 16.3 Å². The van der Waals surface area contributed by atoms with Crippen molar-refractivity contribution >= 4 is 18.2 Å². The van der Waals surface area contributed by atoms with Gasteiger partial charge in [0, 0.05) is 37.0 Å². The van der Waals surface area contributed by atoms with Crippen LogP contribution in [0.1, 0.15) is 43.8 Å². The quantitative estimate of drug-likeness (QED) is 0.921. The van der Waals surface area contributed by atoms with Crippen LogP contribution in [0.2, 0.25) is 0 Å². The van der Waals surface area contributed by atoms with Crippen LogP contribution in [0.5, 0.6) is 0 Å². The minimum Gasteiger partial charge on any atom is -0.366 e. The van der Waals surface area contributed by atoms with E-state index < -0.39 is 0 Å². The van der Waals surface area contributed by atoms with Gasteiger partial charge in [0.1, 0.15) is 5.82 Å². The van der Waals surface area contributed by atoms with E-state index in [4.69, 9.17) is 0 Å². The Morgan fingerprint density at radius 2 is 1.95 bits per heavy atom. The maximum Gasteiger partial charge on any atom is 0.124 e. The summed E-state index contributed by atoms with van der Waals surface area (Å²) >= 11 is 0. The Balaban J connectivity index is 0.00000200. The predicted molar refractivity (Wildman–Crippen MR) is 84.6 cm³/mol. The third kappa shape index (κ3) is 3.54. The Morgan fingerprint density at radius 3 is 2.50 bits per heavy atom. The summed E-state index contributed by atoms with van der Waals surface area (Å²) in [4.78, 5) is 0. The lowest BCUT2D eigenvalue weighted by molar-refractivity contribution is 0.529. The van der Waals surface area contributed by atoms with Gasteiger partial charge in [-0.15, -0.1) is 12.4 Å². The van der Waals surface area contributed by atoms with Crippen LogP contribution < -0.4 is 5.32 Å². The molecular weight excluding hydrogens is 274 g/mol. The first-order valence-corrected chi connectivity index (χ1v) is 6.84. The highest BCUT2D eigenvalue weighted by molar-refractivity contribution is 5.85. The lowest BCUT2D eigenvalue weighted by atomic mass is 10.2. The number of rotatable bonds is 5. The van der Waals surface area contributed by atoms with E-state index >= 15 is 0 Å². The molecule has 0 spiro atoms. The van der Waals surface area contributed by atoms with Gasteiger partial charge in [-0.1, -0.05) is 0 Å². The van der Waals surface area contributed by atoms with Gasteiger partial charge in [-0.3, -0.25) is 4.68 Å². The fraction of sp³-hybridized carbons (Fsp3) is 0.571. The highest BCUT2D eigenvalue weighted by atomic mass is 35.5. The Kier molecular flexibility index (Phi) is 5.62. The van der Waals surface area contributed by atoms with Crippen molar-refractivity contribution in [3.8, 4) is 0 Å². The normalized spacial score (nSPS) is 10.7. The maximum absolute atomic E-state index is 4.52. The molecular formula is C14H24ClN5. The van der Waals surface area contributed by atoms with E-state index in [0.29, 0.717) is 6.04 Å². The molecule has 20 heavy (non-hydrogen) atoms. The molecule has 112 valence electrons. The average Bonchev–Trinajstić information content (AvgIpc) is 2.90. The van der Waals surface area contributed by atoms with Gasteiger partial charge in [-0.25, -0.2) is 4.68 Å². The summed E-state index contributed by atoms with van der Waals surface area (Å²) in [6.07, 6.45) is 2.12. The summed E-state index contributed by atoms with van der Waals surface area (Å²) in [7, 11) is 0. The first kappa shape index (κ1) is 16.6. The van der Waals surface area contributed by atoms with Crippen molar-refractivity contribution in [2.75, 3.05) is 5.32 Å². The van der Waals surface area contributed by atoms with Crippen LogP contribution in [0.25, 0.3) is 0 Å². The molecule has 0 fully saturated rings. The van der Waals surface area contributed by atoms with Gasteiger partial charge in [0.15, 0.2) is 0 Å². The monoisotopic (exact) mass is 297 g/mol. The number of nitrogens with one attached hydrogen (secondary N) is 1. The number of aryl methyl sites for hydroxylation is 3. The average molecular weight is 298 g/mol. The summed E-state index contributed by atoms with van der Waals surface area (Å²) in [6.45, 7) is 12.1. The molecule has 6 heteroatoms. The van der Waals surface area contributed by atoms with E-state index in [2.05, 4.69) is 55.5 Å². The molecule has 0 bridgehead atoms. The van der Waals surface area contributed by atoms with Gasteiger partial charge in [-0.05, 0) is 34.6 Å². The van der Waals surface area contributed by atoms with Crippen molar-refractivity contribution in [2.24, 2.45) is 0 Å². The second-order valence-electron chi connectivity index (χ2n) is 5.15. The number of hydrogen-bond acceptors (Lipinski definition) is 3. The van der Waals surface area contributed by atoms with Crippen LogP contribution in [-0.4, -0.2) is 19.6 Å². The van der Waals surface area contributed by atoms with E-state index in [0.717, 1.165) is 30.3 Å². The van der Waals surface area contributed by atoms with Crippen LogP contribution in [0.4, 0.5) is 5.82 Å². The summed E-state index contributed by atoms with van der Waals surface area (Å²) in [6, 6.07) is 2.47. The van der Waals surface area contributed by atoms with Crippen LogP contribution >= 0.6 is 12.4 Å². The number of aromatic nitrogens is 4. The Bertz CT molecular complexity index is 556. The molecule has 0 amide bonds. The second kappa shape index (κ2) is 6.79. The standard InChI is InChI=1S/C14H23N5.ClH/c1-6-18-14(7-11(4)16-18)15-8-13-9-19(10(2)3)17-12(13)5;/h7,9-10,15H,6,8H2,1-5H3;1H. The Hall–Kier alpha value is -1.49. The summed E-state index contributed by atoms with van der Waals surface area (Å²) in [5.41, 5.74) is 3.36. The predicted octanol–water partition coefficient (Wildman–Crippen LogP) is 3.33. The Morgan fingerprint density at radius 1 is 1.25 bits per heavy atom. The van der Waals surface area contributed by atoms with E-state index in [1.54, 1.807) is 0 Å². The summed E-state index contributed by atoms with van der Waals surface area (Å²) < 4.78 is 3.99. The minimum atomic E-state index is 0. The molecule has 2 rings (SSSR count). The topological polar surface area (TPSA) is 47.7 Å². The molecule has 1 N–H and O–H groups in total. The van der Waals surface area contributed by atoms with E-state index in [1.165, 1.54) is 5.56 Å². The van der Waals surface area contributed by atoms with Gasteiger partial charge in [-0.2, -0.15) is 10.2 Å². The molecule has 0 aliphatic rings. The summed E-state index contributed by atoms with van der Waals surface area (Å²) in [5.74, 6) is 1.07. The molecule has 0 aliphatic carbocycles. The largest absolute Gasteiger partial charge is 0.366 e. The Labute approximate surface area is 126 Å². The maximum atomic E-state index is 4.52. The zero-order chi connectivity index (χ0) is 14.0. The molecule has 0 saturated carbocycles. The van der Waals surface area contributed by atoms with Gasteiger partial charge >= 0.3 is 0 Å². The van der Waals surface area contributed by atoms with Gasteiger partial charge in [0.2, 0.25) is 0 Å². The summed E-state index contributed by atoms with van der Waals surface area (Å²) in [5, 5.41) is 12.4. The number of halogens is 1. The van der Waals surface area contributed by atoms with Crippen molar-refractivity contribution < 1.29 is 0 Å². The van der Waals surface area contributed by atoms with Crippen LogP contribution in [0.15, 0.2) is 12.3 Å². The van der Waals surface area contributed by atoms with E-state index in [-0.39, 0.29) is 12.4 Å². The highest BCUT2D eigenvalue weighted by Gasteiger charge is 2.08. The van der Waals surface area contributed by atoms with Crippen LogP contribution in [0.3, 0.4) is 0 Å². The SMILES string of the molecule is CCn1nc(C)cc1NCc1cn(C(C)C)nc1C.Cl.